The molecule has 0 aliphatic rings. The molecule has 1 aromatic rings. The average Bonchev–Trinajstić information content (AvgIpc) is 2.19. The molecule has 0 unspecified atom stereocenters. The molecule has 2 nitrogen and oxygen atoms in total. The lowest BCUT2D eigenvalue weighted by Crippen LogP contribution is -2.03. The van der Waals surface area contributed by atoms with Crippen molar-refractivity contribution in [2.75, 3.05) is 5.75 Å². The van der Waals surface area contributed by atoms with E-state index in [0.717, 1.165) is 0 Å². The van der Waals surface area contributed by atoms with Crippen LogP contribution in [0, 0.1) is 0 Å². The van der Waals surface area contributed by atoms with E-state index in [9.17, 15) is 8.42 Å². The van der Waals surface area contributed by atoms with Crippen LogP contribution in [0.3, 0.4) is 0 Å². The van der Waals surface area contributed by atoms with Crippen LogP contribution >= 0.6 is 0 Å². The van der Waals surface area contributed by atoms with Gasteiger partial charge in [-0.05, 0) is 12.1 Å². The number of hydrogen-bond acceptors (Lipinski definition) is 2. The Morgan fingerprint density at radius 2 is 1.86 bits per heavy atom. The van der Waals surface area contributed by atoms with Crippen LogP contribution in [0.4, 0.5) is 0 Å². The Kier molecular flexibility index (Phi) is 3.65. The first-order chi connectivity index (χ1) is 6.67. The largest absolute Gasteiger partial charge is 0.223 e. The van der Waals surface area contributed by atoms with Gasteiger partial charge in [-0.2, -0.15) is 0 Å². The Bertz CT molecular complexity index is 416. The van der Waals surface area contributed by atoms with E-state index in [1.807, 2.05) is 0 Å². The first-order valence-corrected chi connectivity index (χ1v) is 5.87. The highest BCUT2D eigenvalue weighted by atomic mass is 32.2. The summed E-state index contributed by atoms with van der Waals surface area (Å²) < 4.78 is 23.2. The van der Waals surface area contributed by atoms with E-state index < -0.39 is 9.84 Å². The summed E-state index contributed by atoms with van der Waals surface area (Å²) >= 11 is 0. The van der Waals surface area contributed by atoms with Crippen LogP contribution in [0.5, 0.6) is 0 Å². The maximum atomic E-state index is 11.6. The van der Waals surface area contributed by atoms with Crippen molar-refractivity contribution in [1.82, 2.24) is 0 Å². The van der Waals surface area contributed by atoms with Crippen LogP contribution in [0.2, 0.25) is 0 Å². The van der Waals surface area contributed by atoms with Gasteiger partial charge >= 0.3 is 0 Å². The first kappa shape index (κ1) is 10.7. The molecule has 0 spiro atoms. The van der Waals surface area contributed by atoms with Crippen molar-refractivity contribution in [2.45, 2.75) is 4.90 Å². The standard InChI is InChI=1S/C11H12O2S/c1-2-3-7-10-14(12,13)11-8-5-4-6-9-11/h2-9H,1,10H2/b7-3+. The van der Waals surface area contributed by atoms with Crippen LogP contribution in [-0.2, 0) is 9.84 Å². The van der Waals surface area contributed by atoms with E-state index in [2.05, 4.69) is 6.58 Å². The van der Waals surface area contributed by atoms with Crippen LogP contribution in [0.1, 0.15) is 0 Å². The summed E-state index contributed by atoms with van der Waals surface area (Å²) in [5.41, 5.74) is 0. The Morgan fingerprint density at radius 3 is 2.43 bits per heavy atom. The number of hydrogen-bond donors (Lipinski definition) is 0. The molecule has 1 rings (SSSR count). The minimum absolute atomic E-state index is 0.0169. The van der Waals surface area contributed by atoms with Crippen LogP contribution in [-0.4, -0.2) is 14.2 Å². The lowest BCUT2D eigenvalue weighted by Gasteiger charge is -1.99. The number of rotatable bonds is 4. The summed E-state index contributed by atoms with van der Waals surface area (Å²) in [5, 5.41) is 0. The van der Waals surface area contributed by atoms with Gasteiger partial charge in [0.2, 0.25) is 0 Å². The fraction of sp³-hybridized carbons (Fsp3) is 0.0909. The quantitative estimate of drug-likeness (QED) is 0.711. The van der Waals surface area contributed by atoms with E-state index in [0.29, 0.717) is 4.90 Å². The highest BCUT2D eigenvalue weighted by Gasteiger charge is 2.10. The minimum atomic E-state index is -3.17. The van der Waals surface area contributed by atoms with Gasteiger partial charge in [0.1, 0.15) is 0 Å². The Labute approximate surface area is 84.5 Å². The molecule has 0 radical (unpaired) electrons. The fourth-order valence-electron chi connectivity index (χ4n) is 1.00. The topological polar surface area (TPSA) is 34.1 Å². The van der Waals surface area contributed by atoms with Gasteiger partial charge < -0.3 is 0 Å². The SMILES string of the molecule is C=C/C=C/CS(=O)(=O)c1ccccc1. The second-order valence-corrected chi connectivity index (χ2v) is 4.79. The van der Waals surface area contributed by atoms with Gasteiger partial charge in [-0.15, -0.1) is 0 Å². The maximum Gasteiger partial charge on any atom is 0.181 e. The second-order valence-electron chi connectivity index (χ2n) is 2.76. The molecular formula is C11H12O2S. The van der Waals surface area contributed by atoms with Gasteiger partial charge in [0.15, 0.2) is 9.84 Å². The van der Waals surface area contributed by atoms with Crippen LogP contribution in [0.15, 0.2) is 60.0 Å². The molecule has 0 atom stereocenters. The Hall–Kier alpha value is -1.35. The summed E-state index contributed by atoms with van der Waals surface area (Å²) in [7, 11) is -3.17. The Balaban J connectivity index is 2.87. The third kappa shape index (κ3) is 2.85. The molecule has 14 heavy (non-hydrogen) atoms. The molecule has 0 aromatic heterocycles. The molecule has 0 saturated heterocycles. The third-order valence-electron chi connectivity index (χ3n) is 1.69. The van der Waals surface area contributed by atoms with Crippen molar-refractivity contribution in [1.29, 1.82) is 0 Å². The van der Waals surface area contributed by atoms with Crippen molar-refractivity contribution < 1.29 is 8.42 Å². The molecule has 3 heteroatoms. The molecule has 74 valence electrons. The zero-order valence-corrected chi connectivity index (χ0v) is 8.57. The number of allylic oxidation sites excluding steroid dienone is 2. The summed E-state index contributed by atoms with van der Waals surface area (Å²) in [5.74, 6) is 0.0169. The van der Waals surface area contributed by atoms with E-state index in [4.69, 9.17) is 0 Å². The lowest BCUT2D eigenvalue weighted by molar-refractivity contribution is 0.599. The van der Waals surface area contributed by atoms with E-state index in [1.54, 1.807) is 48.6 Å². The molecule has 0 fully saturated rings. The van der Waals surface area contributed by atoms with Gasteiger partial charge in [0, 0.05) is 0 Å². The predicted octanol–water partition coefficient (Wildman–Crippen LogP) is 2.20. The zero-order chi connectivity index (χ0) is 10.4. The smallest absolute Gasteiger partial charge is 0.181 e. The summed E-state index contributed by atoms with van der Waals surface area (Å²) in [6.07, 6.45) is 4.76. The normalized spacial score (nSPS) is 11.7. The van der Waals surface area contributed by atoms with Crippen LogP contribution < -0.4 is 0 Å². The molecule has 1 aromatic carbocycles. The molecule has 0 bridgehead atoms. The molecule has 0 amide bonds. The van der Waals surface area contributed by atoms with E-state index >= 15 is 0 Å². The van der Waals surface area contributed by atoms with Crippen molar-refractivity contribution in [3.63, 3.8) is 0 Å². The van der Waals surface area contributed by atoms with E-state index in [1.165, 1.54) is 0 Å². The van der Waals surface area contributed by atoms with E-state index in [-0.39, 0.29) is 5.75 Å². The molecule has 0 N–H and O–H groups in total. The van der Waals surface area contributed by atoms with Gasteiger partial charge in [0.25, 0.3) is 0 Å². The third-order valence-corrected chi connectivity index (χ3v) is 3.31. The summed E-state index contributed by atoms with van der Waals surface area (Å²) in [6, 6.07) is 8.40. The average molecular weight is 208 g/mol. The van der Waals surface area contributed by atoms with Gasteiger partial charge in [-0.25, -0.2) is 8.42 Å². The maximum absolute atomic E-state index is 11.6. The van der Waals surface area contributed by atoms with Crippen molar-refractivity contribution in [2.24, 2.45) is 0 Å². The highest BCUT2D eigenvalue weighted by molar-refractivity contribution is 7.91. The molecular weight excluding hydrogens is 196 g/mol. The highest BCUT2D eigenvalue weighted by Crippen LogP contribution is 2.09. The number of sulfone groups is 1. The van der Waals surface area contributed by atoms with Gasteiger partial charge in [0.05, 0.1) is 10.6 Å². The van der Waals surface area contributed by atoms with Crippen molar-refractivity contribution in [3.8, 4) is 0 Å². The lowest BCUT2D eigenvalue weighted by atomic mass is 10.4. The zero-order valence-electron chi connectivity index (χ0n) is 7.76. The summed E-state index contributed by atoms with van der Waals surface area (Å²) in [6.45, 7) is 3.47. The van der Waals surface area contributed by atoms with Gasteiger partial charge in [-0.3, -0.25) is 0 Å². The Morgan fingerprint density at radius 1 is 1.21 bits per heavy atom. The first-order valence-electron chi connectivity index (χ1n) is 4.22. The predicted molar refractivity (Wildman–Crippen MR) is 57.8 cm³/mol. The molecule has 0 heterocycles. The molecule has 0 aliphatic carbocycles. The second kappa shape index (κ2) is 4.77. The molecule has 0 aliphatic heterocycles. The fourth-order valence-corrected chi connectivity index (χ4v) is 2.13. The monoisotopic (exact) mass is 208 g/mol. The minimum Gasteiger partial charge on any atom is -0.223 e. The van der Waals surface area contributed by atoms with Gasteiger partial charge in [-0.1, -0.05) is 43.0 Å². The number of benzene rings is 1. The molecule has 0 saturated carbocycles. The van der Waals surface area contributed by atoms with Crippen molar-refractivity contribution in [3.05, 3.63) is 55.1 Å². The van der Waals surface area contributed by atoms with Crippen molar-refractivity contribution >= 4 is 9.84 Å². The van der Waals surface area contributed by atoms with Crippen LogP contribution in [0.25, 0.3) is 0 Å². The summed E-state index contributed by atoms with van der Waals surface area (Å²) in [4.78, 5) is 0.355.